The number of hydrogen-bond acceptors (Lipinski definition) is 4. The molecule has 3 aromatic rings. The summed E-state index contributed by atoms with van der Waals surface area (Å²) < 4.78 is 19.2. The molecular weight excluding hydrogens is 357 g/mol. The maximum atomic E-state index is 13.7. The third kappa shape index (κ3) is 5.07. The number of nitrogens with one attached hydrogen (secondary N) is 2. The Morgan fingerprint density at radius 2 is 1.89 bits per heavy atom. The molecule has 5 nitrogen and oxygen atoms in total. The average Bonchev–Trinajstić information content (AvgIpc) is 2.71. The predicted molar refractivity (Wildman–Crippen MR) is 108 cm³/mol. The van der Waals surface area contributed by atoms with Crippen LogP contribution in [0.2, 0.25) is 0 Å². The maximum Gasteiger partial charge on any atom is 0.257 e. The van der Waals surface area contributed by atoms with E-state index in [2.05, 4.69) is 15.6 Å². The number of ether oxygens (including phenoxy) is 1. The fourth-order valence-electron chi connectivity index (χ4n) is 2.75. The van der Waals surface area contributed by atoms with E-state index in [-0.39, 0.29) is 11.7 Å². The third-order valence-electron chi connectivity index (χ3n) is 4.12. The van der Waals surface area contributed by atoms with Gasteiger partial charge in [-0.15, -0.1) is 0 Å². The van der Waals surface area contributed by atoms with Crippen molar-refractivity contribution in [2.24, 2.45) is 0 Å². The Kier molecular flexibility index (Phi) is 6.57. The topological polar surface area (TPSA) is 63.2 Å². The molecular formula is C22H22FN3O2. The molecule has 0 spiro atoms. The van der Waals surface area contributed by atoms with Crippen molar-refractivity contribution >= 4 is 17.3 Å². The lowest BCUT2D eigenvalue weighted by Gasteiger charge is -2.12. The maximum absolute atomic E-state index is 13.7. The van der Waals surface area contributed by atoms with Gasteiger partial charge in [0.25, 0.3) is 5.91 Å². The van der Waals surface area contributed by atoms with Crippen LogP contribution >= 0.6 is 0 Å². The van der Waals surface area contributed by atoms with Crippen LogP contribution in [0.3, 0.4) is 0 Å². The van der Waals surface area contributed by atoms with Gasteiger partial charge in [-0.1, -0.05) is 30.3 Å². The molecule has 0 radical (unpaired) electrons. The third-order valence-corrected chi connectivity index (χ3v) is 4.12. The van der Waals surface area contributed by atoms with Crippen LogP contribution in [-0.2, 0) is 6.42 Å². The Morgan fingerprint density at radius 3 is 2.71 bits per heavy atom. The molecule has 1 amide bonds. The second-order valence-corrected chi connectivity index (χ2v) is 6.11. The Labute approximate surface area is 163 Å². The van der Waals surface area contributed by atoms with E-state index in [1.165, 1.54) is 12.3 Å². The first-order valence-corrected chi connectivity index (χ1v) is 9.13. The Morgan fingerprint density at radius 1 is 1.11 bits per heavy atom. The molecule has 1 heterocycles. The zero-order valence-electron chi connectivity index (χ0n) is 15.6. The first kappa shape index (κ1) is 19.4. The smallest absolute Gasteiger partial charge is 0.257 e. The standard InChI is InChI=1S/C22H22FN3O2/c1-2-28-21-10-6-5-9-20(21)26-22(27)17-13-18(15-24-14-17)25-12-11-16-7-3-4-8-19(16)23/h3-10,13-15,25H,2,11-12H2,1H3,(H,26,27). The normalized spacial score (nSPS) is 10.4. The lowest BCUT2D eigenvalue weighted by atomic mass is 10.1. The quantitative estimate of drug-likeness (QED) is 0.604. The fraction of sp³-hybridized carbons (Fsp3) is 0.182. The number of anilines is 2. The molecule has 3 rings (SSSR count). The molecule has 1 aromatic heterocycles. The Bertz CT molecular complexity index is 946. The Balaban J connectivity index is 1.62. The predicted octanol–water partition coefficient (Wildman–Crippen LogP) is 4.53. The number of nitrogens with zero attached hydrogens (tertiary/aromatic N) is 1. The van der Waals surface area contributed by atoms with E-state index in [1.807, 2.05) is 25.1 Å². The molecule has 144 valence electrons. The van der Waals surface area contributed by atoms with Crippen LogP contribution in [0.25, 0.3) is 0 Å². The summed E-state index contributed by atoms with van der Waals surface area (Å²) in [7, 11) is 0. The summed E-state index contributed by atoms with van der Waals surface area (Å²) in [5.74, 6) is 0.117. The largest absolute Gasteiger partial charge is 0.492 e. The molecule has 0 unspecified atom stereocenters. The van der Waals surface area contributed by atoms with E-state index in [1.54, 1.807) is 36.5 Å². The number of benzene rings is 2. The van der Waals surface area contributed by atoms with Crippen molar-refractivity contribution in [3.8, 4) is 5.75 Å². The molecule has 0 atom stereocenters. The summed E-state index contributed by atoms with van der Waals surface area (Å²) in [5.41, 5.74) is 2.36. The van der Waals surface area contributed by atoms with Crippen molar-refractivity contribution in [2.75, 3.05) is 23.8 Å². The summed E-state index contributed by atoms with van der Waals surface area (Å²) in [4.78, 5) is 16.7. The number of hydrogen-bond donors (Lipinski definition) is 2. The zero-order chi connectivity index (χ0) is 19.8. The van der Waals surface area contributed by atoms with Crippen LogP contribution in [0.1, 0.15) is 22.8 Å². The summed E-state index contributed by atoms with van der Waals surface area (Å²) >= 11 is 0. The minimum Gasteiger partial charge on any atom is -0.492 e. The van der Waals surface area contributed by atoms with Crippen LogP contribution < -0.4 is 15.4 Å². The zero-order valence-corrected chi connectivity index (χ0v) is 15.6. The second-order valence-electron chi connectivity index (χ2n) is 6.11. The SMILES string of the molecule is CCOc1ccccc1NC(=O)c1cncc(NCCc2ccccc2F)c1. The summed E-state index contributed by atoms with van der Waals surface area (Å²) in [6, 6.07) is 15.7. The monoisotopic (exact) mass is 379 g/mol. The number of rotatable bonds is 8. The van der Waals surface area contributed by atoms with Gasteiger partial charge in [0.15, 0.2) is 0 Å². The number of carbonyl (C=O) groups is 1. The molecule has 2 N–H and O–H groups in total. The number of pyridine rings is 1. The van der Waals surface area contributed by atoms with Gasteiger partial charge in [0.1, 0.15) is 11.6 Å². The number of halogens is 1. The van der Waals surface area contributed by atoms with Crippen LogP contribution in [-0.4, -0.2) is 24.0 Å². The minimum atomic E-state index is -0.280. The lowest BCUT2D eigenvalue weighted by Crippen LogP contribution is -2.14. The number of aromatic nitrogens is 1. The van der Waals surface area contributed by atoms with Gasteiger partial charge in [0.05, 0.1) is 23.5 Å². The minimum absolute atomic E-state index is 0.219. The van der Waals surface area contributed by atoms with Gasteiger partial charge in [-0.25, -0.2) is 4.39 Å². The van der Waals surface area contributed by atoms with Crippen molar-refractivity contribution < 1.29 is 13.9 Å². The summed E-state index contributed by atoms with van der Waals surface area (Å²) in [5, 5.41) is 6.02. The molecule has 0 aliphatic carbocycles. The molecule has 28 heavy (non-hydrogen) atoms. The average molecular weight is 379 g/mol. The molecule has 0 fully saturated rings. The van der Waals surface area contributed by atoms with Crippen LogP contribution in [0.15, 0.2) is 67.0 Å². The summed E-state index contributed by atoms with van der Waals surface area (Å²) in [6.45, 7) is 2.93. The van der Waals surface area contributed by atoms with Gasteiger partial charge in [-0.05, 0) is 43.2 Å². The van der Waals surface area contributed by atoms with Gasteiger partial charge in [0.2, 0.25) is 0 Å². The summed E-state index contributed by atoms with van der Waals surface area (Å²) in [6.07, 6.45) is 3.66. The van der Waals surface area contributed by atoms with Gasteiger partial charge in [0, 0.05) is 18.9 Å². The van der Waals surface area contributed by atoms with Crippen molar-refractivity contribution in [2.45, 2.75) is 13.3 Å². The number of amides is 1. The van der Waals surface area contributed by atoms with Crippen LogP contribution in [0.5, 0.6) is 5.75 Å². The van der Waals surface area contributed by atoms with E-state index >= 15 is 0 Å². The second kappa shape index (κ2) is 9.50. The van der Waals surface area contributed by atoms with Gasteiger partial charge in [-0.3, -0.25) is 9.78 Å². The van der Waals surface area contributed by atoms with Crippen molar-refractivity contribution in [3.63, 3.8) is 0 Å². The first-order valence-electron chi connectivity index (χ1n) is 9.13. The van der Waals surface area contributed by atoms with Crippen molar-refractivity contribution in [1.29, 1.82) is 0 Å². The molecule has 0 saturated carbocycles. The number of para-hydroxylation sites is 2. The first-order chi connectivity index (χ1) is 13.7. The highest BCUT2D eigenvalue weighted by molar-refractivity contribution is 6.05. The van der Waals surface area contributed by atoms with Crippen molar-refractivity contribution in [1.82, 2.24) is 4.98 Å². The van der Waals surface area contributed by atoms with Crippen LogP contribution in [0.4, 0.5) is 15.8 Å². The molecule has 6 heteroatoms. The van der Waals surface area contributed by atoms with E-state index < -0.39 is 0 Å². The molecule has 0 saturated heterocycles. The highest BCUT2D eigenvalue weighted by Crippen LogP contribution is 2.24. The van der Waals surface area contributed by atoms with Gasteiger partial charge in [-0.2, -0.15) is 0 Å². The highest BCUT2D eigenvalue weighted by atomic mass is 19.1. The molecule has 0 aliphatic rings. The highest BCUT2D eigenvalue weighted by Gasteiger charge is 2.11. The molecule has 0 aliphatic heterocycles. The van der Waals surface area contributed by atoms with Gasteiger partial charge < -0.3 is 15.4 Å². The Hall–Kier alpha value is -3.41. The molecule has 0 bridgehead atoms. The number of carbonyl (C=O) groups excluding carboxylic acids is 1. The van der Waals surface area contributed by atoms with Crippen molar-refractivity contribution in [3.05, 3.63) is 83.9 Å². The van der Waals surface area contributed by atoms with E-state index in [0.29, 0.717) is 47.8 Å². The van der Waals surface area contributed by atoms with Gasteiger partial charge >= 0.3 is 0 Å². The van der Waals surface area contributed by atoms with E-state index in [4.69, 9.17) is 4.74 Å². The van der Waals surface area contributed by atoms with E-state index in [9.17, 15) is 9.18 Å². The van der Waals surface area contributed by atoms with Crippen LogP contribution in [0, 0.1) is 5.82 Å². The fourth-order valence-corrected chi connectivity index (χ4v) is 2.75. The molecule has 2 aromatic carbocycles. The lowest BCUT2D eigenvalue weighted by molar-refractivity contribution is 0.102. The van der Waals surface area contributed by atoms with E-state index in [0.717, 1.165) is 0 Å².